The second-order valence-corrected chi connectivity index (χ2v) is 6.80. The number of nitrogens with one attached hydrogen (secondary N) is 1. The molecule has 1 heterocycles. The van der Waals surface area contributed by atoms with Crippen LogP contribution in [-0.4, -0.2) is 28.5 Å². The Labute approximate surface area is 169 Å². The van der Waals surface area contributed by atoms with Gasteiger partial charge in [-0.25, -0.2) is 14.5 Å². The highest BCUT2D eigenvalue weighted by Gasteiger charge is 2.11. The number of aromatic nitrogens is 2. The molecule has 6 nitrogen and oxygen atoms in total. The minimum atomic E-state index is -0.360. The first kappa shape index (κ1) is 20.3. The smallest absolute Gasteiger partial charge is 0.277 e. The van der Waals surface area contributed by atoms with E-state index in [1.165, 1.54) is 17.7 Å². The normalized spacial score (nSPS) is 11.1. The molecule has 7 heteroatoms. The second-order valence-electron chi connectivity index (χ2n) is 6.80. The zero-order valence-electron chi connectivity index (χ0n) is 16.9. The van der Waals surface area contributed by atoms with Gasteiger partial charge in [0.15, 0.2) is 6.61 Å². The van der Waals surface area contributed by atoms with Crippen LogP contribution in [0.15, 0.2) is 47.6 Å². The number of hydrogen-bond acceptors (Lipinski definition) is 4. The summed E-state index contributed by atoms with van der Waals surface area (Å²) in [6, 6.07) is 11.7. The van der Waals surface area contributed by atoms with Gasteiger partial charge in [0.25, 0.3) is 5.91 Å². The maximum atomic E-state index is 13.1. The molecule has 0 atom stereocenters. The van der Waals surface area contributed by atoms with E-state index >= 15 is 0 Å². The van der Waals surface area contributed by atoms with Crippen molar-refractivity contribution in [2.24, 2.45) is 5.10 Å². The Hall–Kier alpha value is -3.48. The molecule has 150 valence electrons. The molecule has 0 bridgehead atoms. The van der Waals surface area contributed by atoms with Crippen molar-refractivity contribution in [2.45, 2.75) is 27.7 Å². The highest BCUT2D eigenvalue weighted by Crippen LogP contribution is 2.17. The van der Waals surface area contributed by atoms with E-state index in [0.717, 1.165) is 28.2 Å². The summed E-state index contributed by atoms with van der Waals surface area (Å²) in [6.07, 6.45) is 1.55. The lowest BCUT2D eigenvalue weighted by atomic mass is 10.1. The van der Waals surface area contributed by atoms with E-state index in [1.54, 1.807) is 23.0 Å². The van der Waals surface area contributed by atoms with Crippen LogP contribution in [0.1, 0.15) is 28.1 Å². The highest BCUT2D eigenvalue weighted by atomic mass is 19.1. The van der Waals surface area contributed by atoms with Gasteiger partial charge in [0.2, 0.25) is 0 Å². The Bertz CT molecular complexity index is 1060. The third kappa shape index (κ3) is 4.87. The summed E-state index contributed by atoms with van der Waals surface area (Å²) >= 11 is 0. The Balaban J connectivity index is 1.61. The van der Waals surface area contributed by atoms with Crippen LogP contribution in [0.5, 0.6) is 5.75 Å². The lowest BCUT2D eigenvalue weighted by Gasteiger charge is -2.07. The highest BCUT2D eigenvalue weighted by molar-refractivity contribution is 5.85. The largest absolute Gasteiger partial charge is 0.484 e. The number of hydrogen-bond donors (Lipinski definition) is 1. The quantitative estimate of drug-likeness (QED) is 0.511. The van der Waals surface area contributed by atoms with Gasteiger partial charge < -0.3 is 4.74 Å². The van der Waals surface area contributed by atoms with Crippen LogP contribution < -0.4 is 10.2 Å². The lowest BCUT2D eigenvalue weighted by molar-refractivity contribution is -0.123. The van der Waals surface area contributed by atoms with Crippen LogP contribution >= 0.6 is 0 Å². The number of rotatable bonds is 6. The van der Waals surface area contributed by atoms with Gasteiger partial charge in [-0.05, 0) is 75.2 Å². The van der Waals surface area contributed by atoms with Crippen LogP contribution in [0.4, 0.5) is 4.39 Å². The van der Waals surface area contributed by atoms with Crippen molar-refractivity contribution in [2.75, 3.05) is 6.61 Å². The molecular formula is C22H23FN4O2. The van der Waals surface area contributed by atoms with Crippen molar-refractivity contribution in [1.29, 1.82) is 0 Å². The Morgan fingerprint density at radius 2 is 1.86 bits per heavy atom. The SMILES string of the molecule is Cc1ccc(OCC(=O)N/N=C\c2c(C)nn(-c3ccc(F)cc3)c2C)cc1C. The standard InChI is InChI=1S/C22H23FN4O2/c1-14-5-10-20(11-15(14)2)29-13-22(28)25-24-12-21-16(3)26-27(17(21)4)19-8-6-18(23)7-9-19/h5-12H,13H2,1-4H3,(H,25,28)/b24-12-. The fourth-order valence-electron chi connectivity index (χ4n) is 2.83. The molecule has 29 heavy (non-hydrogen) atoms. The van der Waals surface area contributed by atoms with Crippen LogP contribution in [-0.2, 0) is 4.79 Å². The van der Waals surface area contributed by atoms with Crippen LogP contribution in [0.25, 0.3) is 5.69 Å². The van der Waals surface area contributed by atoms with Gasteiger partial charge in [0, 0.05) is 5.56 Å². The predicted octanol–water partition coefficient (Wildman–Crippen LogP) is 3.77. The first-order chi connectivity index (χ1) is 13.8. The van der Waals surface area contributed by atoms with E-state index < -0.39 is 0 Å². The molecule has 3 rings (SSSR count). The summed E-state index contributed by atoms with van der Waals surface area (Å²) < 4.78 is 20.3. The maximum Gasteiger partial charge on any atom is 0.277 e. The van der Waals surface area contributed by atoms with E-state index in [2.05, 4.69) is 15.6 Å². The lowest BCUT2D eigenvalue weighted by Crippen LogP contribution is -2.24. The first-order valence-electron chi connectivity index (χ1n) is 9.19. The first-order valence-corrected chi connectivity index (χ1v) is 9.19. The molecule has 0 aliphatic rings. The molecule has 0 radical (unpaired) electrons. The van der Waals surface area contributed by atoms with Crippen LogP contribution in [0.2, 0.25) is 0 Å². The topological polar surface area (TPSA) is 68.5 Å². The molecule has 0 fully saturated rings. The van der Waals surface area contributed by atoms with E-state index in [9.17, 15) is 9.18 Å². The Morgan fingerprint density at radius 3 is 2.55 bits per heavy atom. The fraction of sp³-hybridized carbons (Fsp3) is 0.227. The number of halogens is 1. The molecule has 0 aliphatic carbocycles. The molecule has 3 aromatic rings. The molecule has 0 spiro atoms. The van der Waals surface area contributed by atoms with E-state index in [0.29, 0.717) is 5.75 Å². The van der Waals surface area contributed by atoms with E-state index in [1.807, 2.05) is 45.9 Å². The third-order valence-electron chi connectivity index (χ3n) is 4.65. The van der Waals surface area contributed by atoms with Gasteiger partial charge >= 0.3 is 0 Å². The average molecular weight is 394 g/mol. The molecule has 0 saturated carbocycles. The zero-order chi connectivity index (χ0) is 21.0. The number of aryl methyl sites for hydroxylation is 3. The summed E-state index contributed by atoms with van der Waals surface area (Å²) in [4.78, 5) is 12.0. The zero-order valence-corrected chi connectivity index (χ0v) is 16.9. The number of hydrazone groups is 1. The van der Waals surface area contributed by atoms with Gasteiger partial charge in [0.1, 0.15) is 11.6 Å². The maximum absolute atomic E-state index is 13.1. The minimum Gasteiger partial charge on any atom is -0.484 e. The predicted molar refractivity (Wildman–Crippen MR) is 110 cm³/mol. The Morgan fingerprint density at radius 1 is 1.14 bits per heavy atom. The molecule has 2 aromatic carbocycles. The molecule has 0 saturated heterocycles. The number of nitrogens with zero attached hydrogens (tertiary/aromatic N) is 3. The van der Waals surface area contributed by atoms with Crippen molar-refractivity contribution in [3.8, 4) is 11.4 Å². The second kappa shape index (κ2) is 8.68. The van der Waals surface area contributed by atoms with Crippen LogP contribution in [0, 0.1) is 33.5 Å². The minimum absolute atomic E-state index is 0.132. The summed E-state index contributed by atoms with van der Waals surface area (Å²) in [5, 5.41) is 8.48. The number of benzene rings is 2. The van der Waals surface area contributed by atoms with Crippen molar-refractivity contribution in [3.63, 3.8) is 0 Å². The third-order valence-corrected chi connectivity index (χ3v) is 4.65. The van der Waals surface area contributed by atoms with Crippen molar-refractivity contribution in [3.05, 3.63) is 76.4 Å². The van der Waals surface area contributed by atoms with Crippen LogP contribution in [0.3, 0.4) is 0 Å². The fourth-order valence-corrected chi connectivity index (χ4v) is 2.83. The van der Waals surface area contributed by atoms with Gasteiger partial charge in [-0.3, -0.25) is 4.79 Å². The van der Waals surface area contributed by atoms with Gasteiger partial charge in [-0.15, -0.1) is 0 Å². The van der Waals surface area contributed by atoms with Crippen molar-refractivity contribution < 1.29 is 13.9 Å². The number of carbonyl (C=O) groups is 1. The van der Waals surface area contributed by atoms with Gasteiger partial charge in [-0.2, -0.15) is 10.2 Å². The molecule has 0 unspecified atom stereocenters. The number of amides is 1. The average Bonchev–Trinajstić information content (AvgIpc) is 2.97. The number of carbonyl (C=O) groups excluding carboxylic acids is 1. The molecule has 1 N–H and O–H groups in total. The van der Waals surface area contributed by atoms with E-state index in [4.69, 9.17) is 4.74 Å². The molecule has 0 aliphatic heterocycles. The van der Waals surface area contributed by atoms with E-state index in [-0.39, 0.29) is 18.3 Å². The summed E-state index contributed by atoms with van der Waals surface area (Å²) in [5.74, 6) is -0.0250. The number of ether oxygens (including phenoxy) is 1. The summed E-state index contributed by atoms with van der Waals surface area (Å²) in [6.45, 7) is 7.60. The monoisotopic (exact) mass is 394 g/mol. The van der Waals surface area contributed by atoms with Gasteiger partial charge in [0.05, 0.1) is 23.3 Å². The Kier molecular flexibility index (Phi) is 6.07. The van der Waals surface area contributed by atoms with Crippen molar-refractivity contribution >= 4 is 12.1 Å². The summed E-state index contributed by atoms with van der Waals surface area (Å²) in [7, 11) is 0. The van der Waals surface area contributed by atoms with Crippen molar-refractivity contribution in [1.82, 2.24) is 15.2 Å². The molecule has 1 aromatic heterocycles. The van der Waals surface area contributed by atoms with Gasteiger partial charge in [-0.1, -0.05) is 6.07 Å². The molecule has 1 amide bonds. The summed E-state index contributed by atoms with van der Waals surface area (Å²) in [5.41, 5.74) is 7.83. The molecular weight excluding hydrogens is 371 g/mol.